The summed E-state index contributed by atoms with van der Waals surface area (Å²) in [6.07, 6.45) is 1.46. The molecule has 0 radical (unpaired) electrons. The summed E-state index contributed by atoms with van der Waals surface area (Å²) < 4.78 is 10.1. The molecule has 0 heterocycles. The SMILES string of the molecule is COC(=O)[C@H](CC(C)C)NC(=O)/C(=C/c1ccccc1)NC(=O)[C@H](CC(C)C)NC(=O)OC(C)(C)C. The zero-order chi connectivity index (χ0) is 27.5. The molecule has 2 atom stereocenters. The molecule has 0 unspecified atom stereocenters. The van der Waals surface area contributed by atoms with E-state index >= 15 is 0 Å². The number of ether oxygens (including phenoxy) is 2. The third-order valence-electron chi connectivity index (χ3n) is 4.83. The van der Waals surface area contributed by atoms with Gasteiger partial charge in [-0.2, -0.15) is 0 Å². The molecule has 200 valence electrons. The third kappa shape index (κ3) is 11.9. The van der Waals surface area contributed by atoms with Crippen LogP contribution in [-0.4, -0.2) is 48.7 Å². The molecule has 0 bridgehead atoms. The summed E-state index contributed by atoms with van der Waals surface area (Å²) in [4.78, 5) is 51.1. The van der Waals surface area contributed by atoms with Gasteiger partial charge in [-0.25, -0.2) is 9.59 Å². The van der Waals surface area contributed by atoms with E-state index in [1.807, 2.05) is 33.8 Å². The lowest BCUT2D eigenvalue weighted by molar-refractivity contribution is -0.145. The van der Waals surface area contributed by atoms with E-state index in [2.05, 4.69) is 16.0 Å². The molecule has 0 aliphatic carbocycles. The number of carbonyl (C=O) groups is 4. The molecular weight excluding hydrogens is 462 g/mol. The lowest BCUT2D eigenvalue weighted by Crippen LogP contribution is -2.51. The maximum absolute atomic E-state index is 13.2. The van der Waals surface area contributed by atoms with E-state index in [1.165, 1.54) is 13.2 Å². The van der Waals surface area contributed by atoms with Crippen molar-refractivity contribution in [3.8, 4) is 0 Å². The van der Waals surface area contributed by atoms with Crippen LogP contribution in [0.25, 0.3) is 6.08 Å². The van der Waals surface area contributed by atoms with Crippen LogP contribution < -0.4 is 16.0 Å². The second-order valence-electron chi connectivity index (χ2n) is 10.5. The zero-order valence-electron chi connectivity index (χ0n) is 22.6. The van der Waals surface area contributed by atoms with Crippen molar-refractivity contribution in [3.05, 3.63) is 41.6 Å². The number of alkyl carbamates (subject to hydrolysis) is 1. The fraction of sp³-hybridized carbons (Fsp3) is 0.556. The highest BCUT2D eigenvalue weighted by Gasteiger charge is 2.29. The summed E-state index contributed by atoms with van der Waals surface area (Å²) in [5.41, 5.74) is -0.133. The second kappa shape index (κ2) is 14.3. The maximum atomic E-state index is 13.2. The third-order valence-corrected chi connectivity index (χ3v) is 4.83. The summed E-state index contributed by atoms with van der Waals surface area (Å²) >= 11 is 0. The molecule has 0 saturated heterocycles. The van der Waals surface area contributed by atoms with Crippen molar-refractivity contribution in [2.75, 3.05) is 7.11 Å². The second-order valence-corrected chi connectivity index (χ2v) is 10.5. The van der Waals surface area contributed by atoms with Crippen molar-refractivity contribution >= 4 is 30.0 Å². The normalized spacial score (nSPS) is 13.6. The molecule has 36 heavy (non-hydrogen) atoms. The minimum absolute atomic E-state index is 0.0661. The van der Waals surface area contributed by atoms with E-state index in [0.717, 1.165) is 0 Å². The quantitative estimate of drug-likeness (QED) is 0.312. The Hall–Kier alpha value is -3.36. The lowest BCUT2D eigenvalue weighted by Gasteiger charge is -2.25. The highest BCUT2D eigenvalue weighted by Crippen LogP contribution is 2.12. The maximum Gasteiger partial charge on any atom is 0.408 e. The number of esters is 1. The Morgan fingerprint density at radius 2 is 1.44 bits per heavy atom. The van der Waals surface area contributed by atoms with Crippen LogP contribution in [0.3, 0.4) is 0 Å². The van der Waals surface area contributed by atoms with Gasteiger partial charge in [0.05, 0.1) is 7.11 Å². The van der Waals surface area contributed by atoms with E-state index in [-0.39, 0.29) is 17.5 Å². The molecule has 0 aliphatic rings. The van der Waals surface area contributed by atoms with Crippen LogP contribution in [-0.2, 0) is 23.9 Å². The molecule has 0 fully saturated rings. The van der Waals surface area contributed by atoms with E-state index in [9.17, 15) is 19.2 Å². The van der Waals surface area contributed by atoms with Crippen LogP contribution in [0.15, 0.2) is 36.0 Å². The fourth-order valence-corrected chi connectivity index (χ4v) is 3.31. The summed E-state index contributed by atoms with van der Waals surface area (Å²) in [7, 11) is 1.25. The summed E-state index contributed by atoms with van der Waals surface area (Å²) in [6.45, 7) is 12.8. The molecule has 0 spiro atoms. The Kier molecular flexibility index (Phi) is 12.1. The average Bonchev–Trinajstić information content (AvgIpc) is 2.75. The first-order valence-electron chi connectivity index (χ1n) is 12.2. The highest BCUT2D eigenvalue weighted by molar-refractivity contribution is 6.03. The summed E-state index contributed by atoms with van der Waals surface area (Å²) in [6, 6.07) is 7.14. The van der Waals surface area contributed by atoms with Crippen LogP contribution in [0.5, 0.6) is 0 Å². The predicted octanol–water partition coefficient (Wildman–Crippen LogP) is 3.79. The van der Waals surface area contributed by atoms with Crippen molar-refractivity contribution in [3.63, 3.8) is 0 Å². The number of carbonyl (C=O) groups excluding carboxylic acids is 4. The topological polar surface area (TPSA) is 123 Å². The summed E-state index contributed by atoms with van der Waals surface area (Å²) in [5, 5.41) is 7.91. The molecular formula is C27H41N3O6. The van der Waals surface area contributed by atoms with Gasteiger partial charge in [-0.3, -0.25) is 9.59 Å². The Labute approximate surface area is 214 Å². The Morgan fingerprint density at radius 1 is 0.889 bits per heavy atom. The van der Waals surface area contributed by atoms with E-state index in [4.69, 9.17) is 9.47 Å². The first-order chi connectivity index (χ1) is 16.7. The number of hydrogen-bond donors (Lipinski definition) is 3. The molecule has 0 aromatic heterocycles. The summed E-state index contributed by atoms with van der Waals surface area (Å²) in [5.74, 6) is -1.62. The number of rotatable bonds is 11. The molecule has 3 N–H and O–H groups in total. The highest BCUT2D eigenvalue weighted by atomic mass is 16.6. The minimum atomic E-state index is -0.945. The monoisotopic (exact) mass is 503 g/mol. The molecule has 0 saturated carbocycles. The molecule has 1 aromatic rings. The average molecular weight is 504 g/mol. The van der Waals surface area contributed by atoms with Crippen molar-refractivity contribution in [2.45, 2.75) is 79.0 Å². The zero-order valence-corrected chi connectivity index (χ0v) is 22.6. The molecule has 3 amide bonds. The standard InChI is InChI=1S/C27H41N3O6/c1-17(2)14-20(30-26(34)36-27(5,6)7)23(31)28-21(16-19-12-10-9-11-13-19)24(32)29-22(15-18(3)4)25(33)35-8/h9-13,16-18,20,22H,14-15H2,1-8H3,(H,28,31)(H,29,32)(H,30,34)/b21-16-/t20-,22-/m0/s1. The Bertz CT molecular complexity index is 919. The smallest absolute Gasteiger partial charge is 0.408 e. The first kappa shape index (κ1) is 30.7. The van der Waals surface area contributed by atoms with Crippen LogP contribution in [0.2, 0.25) is 0 Å². The number of nitrogens with one attached hydrogen (secondary N) is 3. The molecule has 1 aromatic carbocycles. The van der Waals surface area contributed by atoms with Gasteiger partial charge >= 0.3 is 12.1 Å². The van der Waals surface area contributed by atoms with Crippen LogP contribution in [0, 0.1) is 11.8 Å². The minimum Gasteiger partial charge on any atom is -0.467 e. The van der Waals surface area contributed by atoms with Gasteiger partial charge < -0.3 is 25.4 Å². The van der Waals surface area contributed by atoms with Gasteiger partial charge in [0.1, 0.15) is 23.4 Å². The van der Waals surface area contributed by atoms with Gasteiger partial charge in [-0.05, 0) is 57.1 Å². The van der Waals surface area contributed by atoms with Gasteiger partial charge in [-0.1, -0.05) is 58.0 Å². The Morgan fingerprint density at radius 3 is 1.94 bits per heavy atom. The van der Waals surface area contributed by atoms with Gasteiger partial charge in [0, 0.05) is 0 Å². The lowest BCUT2D eigenvalue weighted by atomic mass is 10.0. The Balaban J connectivity index is 3.23. The van der Waals surface area contributed by atoms with Gasteiger partial charge in [-0.15, -0.1) is 0 Å². The van der Waals surface area contributed by atoms with E-state index in [0.29, 0.717) is 18.4 Å². The van der Waals surface area contributed by atoms with Crippen molar-refractivity contribution in [2.24, 2.45) is 11.8 Å². The van der Waals surface area contributed by atoms with Crippen LogP contribution in [0.4, 0.5) is 4.79 Å². The number of benzene rings is 1. The number of amides is 3. The molecule has 9 nitrogen and oxygen atoms in total. The van der Waals surface area contributed by atoms with Crippen molar-refractivity contribution in [1.82, 2.24) is 16.0 Å². The fourth-order valence-electron chi connectivity index (χ4n) is 3.31. The predicted molar refractivity (Wildman–Crippen MR) is 139 cm³/mol. The van der Waals surface area contributed by atoms with Crippen LogP contribution >= 0.6 is 0 Å². The van der Waals surface area contributed by atoms with Gasteiger partial charge in [0.15, 0.2) is 0 Å². The van der Waals surface area contributed by atoms with E-state index in [1.54, 1.807) is 45.0 Å². The molecule has 9 heteroatoms. The molecule has 0 aliphatic heterocycles. The van der Waals surface area contributed by atoms with Crippen molar-refractivity contribution < 1.29 is 28.7 Å². The number of methoxy groups -OCH3 is 1. The largest absolute Gasteiger partial charge is 0.467 e. The molecule has 1 rings (SSSR count). The first-order valence-corrected chi connectivity index (χ1v) is 12.2. The van der Waals surface area contributed by atoms with Crippen LogP contribution in [0.1, 0.15) is 66.9 Å². The van der Waals surface area contributed by atoms with Crippen molar-refractivity contribution in [1.29, 1.82) is 0 Å². The van der Waals surface area contributed by atoms with Gasteiger partial charge in [0.25, 0.3) is 5.91 Å². The van der Waals surface area contributed by atoms with E-state index < -0.39 is 41.6 Å². The van der Waals surface area contributed by atoms with Gasteiger partial charge in [0.2, 0.25) is 5.91 Å². The number of hydrogen-bond acceptors (Lipinski definition) is 6.